The molecule has 4 rings (SSSR count). The van der Waals surface area contributed by atoms with Crippen LogP contribution in [0.15, 0.2) is 34.4 Å². The number of hydrogen-bond acceptors (Lipinski definition) is 5. The first-order valence-electron chi connectivity index (χ1n) is 11.4. The van der Waals surface area contributed by atoms with Gasteiger partial charge in [-0.15, -0.1) is 11.3 Å². The molecule has 0 atom stereocenters. The molecule has 2 heterocycles. The third kappa shape index (κ3) is 5.23. The van der Waals surface area contributed by atoms with Crippen LogP contribution in [0.1, 0.15) is 72.4 Å². The molecule has 33 heavy (non-hydrogen) atoms. The number of carbonyl (C=O) groups excluding carboxylic acids is 1. The zero-order valence-electron chi connectivity index (χ0n) is 19.0. The lowest BCUT2D eigenvalue weighted by Gasteiger charge is -2.22. The fourth-order valence-electron chi connectivity index (χ4n) is 4.67. The van der Waals surface area contributed by atoms with E-state index in [4.69, 9.17) is 0 Å². The molecule has 0 aliphatic heterocycles. The van der Waals surface area contributed by atoms with E-state index in [1.165, 1.54) is 49.0 Å². The minimum Gasteiger partial charge on any atom is -0.325 e. The summed E-state index contributed by atoms with van der Waals surface area (Å²) in [6.07, 6.45) is 7.24. The molecule has 1 aromatic carbocycles. The molecule has 2 aromatic heterocycles. The predicted octanol–water partition coefficient (Wildman–Crippen LogP) is 5.61. The van der Waals surface area contributed by atoms with Gasteiger partial charge in [-0.2, -0.15) is 5.26 Å². The van der Waals surface area contributed by atoms with Gasteiger partial charge in [-0.25, -0.2) is 4.98 Å². The first-order valence-corrected chi connectivity index (χ1v) is 12.3. The van der Waals surface area contributed by atoms with Gasteiger partial charge in [-0.3, -0.25) is 9.59 Å². The number of benzene rings is 1. The van der Waals surface area contributed by atoms with E-state index in [2.05, 4.69) is 39.6 Å². The topological polar surface area (TPSA) is 98.6 Å². The van der Waals surface area contributed by atoms with Crippen molar-refractivity contribution < 1.29 is 4.79 Å². The Labute approximate surface area is 197 Å². The van der Waals surface area contributed by atoms with Gasteiger partial charge in [0.2, 0.25) is 5.91 Å². The van der Waals surface area contributed by atoms with E-state index >= 15 is 0 Å². The number of aromatic nitrogens is 2. The Kier molecular flexibility index (Phi) is 7.05. The number of aryl methyl sites for hydroxylation is 1. The van der Waals surface area contributed by atoms with Crippen LogP contribution in [0.3, 0.4) is 0 Å². The highest BCUT2D eigenvalue weighted by atomic mass is 32.1. The van der Waals surface area contributed by atoms with Crippen LogP contribution in [0.2, 0.25) is 0 Å². The van der Waals surface area contributed by atoms with E-state index in [0.717, 1.165) is 16.8 Å². The summed E-state index contributed by atoms with van der Waals surface area (Å²) in [5.41, 5.74) is 5.20. The summed E-state index contributed by atoms with van der Waals surface area (Å²) < 4.78 is 0. The smallest absolute Gasteiger partial charge is 0.266 e. The van der Waals surface area contributed by atoms with Gasteiger partial charge in [0, 0.05) is 23.1 Å². The molecule has 6 nitrogen and oxygen atoms in total. The van der Waals surface area contributed by atoms with Gasteiger partial charge in [0.15, 0.2) is 5.13 Å². The van der Waals surface area contributed by atoms with Crippen molar-refractivity contribution in [2.75, 3.05) is 5.32 Å². The molecule has 1 saturated carbocycles. The SMILES string of the molecule is Cc1[nH]c(=O)c(C#N)c(C)c1CCC(=O)Nc1nc(-c2ccc(C3CCCCC3)cc2)cs1. The lowest BCUT2D eigenvalue weighted by molar-refractivity contribution is -0.116. The third-order valence-corrected chi connectivity index (χ3v) is 7.31. The number of anilines is 1. The number of hydrogen-bond donors (Lipinski definition) is 2. The van der Waals surface area contributed by atoms with Crippen LogP contribution < -0.4 is 10.9 Å². The van der Waals surface area contributed by atoms with Crippen molar-refractivity contribution in [3.8, 4) is 17.3 Å². The number of rotatable bonds is 6. The first-order chi connectivity index (χ1) is 16.0. The predicted molar refractivity (Wildman–Crippen MR) is 132 cm³/mol. The number of carbonyl (C=O) groups is 1. The van der Waals surface area contributed by atoms with Crippen LogP contribution in [0.5, 0.6) is 0 Å². The maximum Gasteiger partial charge on any atom is 0.266 e. The number of thiazole rings is 1. The highest BCUT2D eigenvalue weighted by Gasteiger charge is 2.16. The second kappa shape index (κ2) is 10.1. The molecule has 1 fully saturated rings. The Morgan fingerprint density at radius 2 is 1.94 bits per heavy atom. The van der Waals surface area contributed by atoms with E-state index in [1.807, 2.05) is 11.4 Å². The van der Waals surface area contributed by atoms with Crippen molar-refractivity contribution in [2.24, 2.45) is 0 Å². The molecule has 1 amide bonds. The number of amides is 1. The van der Waals surface area contributed by atoms with E-state index in [-0.39, 0.29) is 23.5 Å². The van der Waals surface area contributed by atoms with E-state index < -0.39 is 0 Å². The summed E-state index contributed by atoms with van der Waals surface area (Å²) in [7, 11) is 0. The molecule has 0 bridgehead atoms. The van der Waals surface area contributed by atoms with E-state index in [9.17, 15) is 14.9 Å². The minimum atomic E-state index is -0.386. The largest absolute Gasteiger partial charge is 0.325 e. The fourth-order valence-corrected chi connectivity index (χ4v) is 5.40. The highest BCUT2D eigenvalue weighted by Crippen LogP contribution is 2.34. The average molecular weight is 461 g/mol. The number of nitriles is 1. The summed E-state index contributed by atoms with van der Waals surface area (Å²) in [4.78, 5) is 31.7. The maximum atomic E-state index is 12.5. The normalized spacial score (nSPS) is 14.1. The van der Waals surface area contributed by atoms with Crippen molar-refractivity contribution in [3.63, 3.8) is 0 Å². The van der Waals surface area contributed by atoms with Crippen molar-refractivity contribution >= 4 is 22.4 Å². The Balaban J connectivity index is 1.37. The Bertz CT molecular complexity index is 1240. The molecular weight excluding hydrogens is 432 g/mol. The van der Waals surface area contributed by atoms with Crippen molar-refractivity contribution in [3.05, 3.63) is 67.9 Å². The molecule has 3 aromatic rings. The van der Waals surface area contributed by atoms with Crippen molar-refractivity contribution in [1.82, 2.24) is 9.97 Å². The molecule has 0 saturated heterocycles. The van der Waals surface area contributed by atoms with Crippen LogP contribution in [-0.4, -0.2) is 15.9 Å². The zero-order chi connectivity index (χ0) is 23.4. The monoisotopic (exact) mass is 460 g/mol. The number of aromatic amines is 1. The molecule has 1 aliphatic rings. The van der Waals surface area contributed by atoms with Crippen LogP contribution in [-0.2, 0) is 11.2 Å². The third-order valence-electron chi connectivity index (χ3n) is 6.56. The molecule has 2 N–H and O–H groups in total. The minimum absolute atomic E-state index is 0.107. The molecule has 0 radical (unpaired) electrons. The summed E-state index contributed by atoms with van der Waals surface area (Å²) in [6, 6.07) is 10.6. The van der Waals surface area contributed by atoms with Crippen LogP contribution >= 0.6 is 11.3 Å². The molecule has 0 unspecified atom stereocenters. The van der Waals surface area contributed by atoms with Crippen LogP contribution in [0.4, 0.5) is 5.13 Å². The highest BCUT2D eigenvalue weighted by molar-refractivity contribution is 7.14. The summed E-state index contributed by atoms with van der Waals surface area (Å²) in [6.45, 7) is 3.54. The molecule has 0 spiro atoms. The van der Waals surface area contributed by atoms with Gasteiger partial charge < -0.3 is 10.3 Å². The first kappa shape index (κ1) is 22.9. The zero-order valence-corrected chi connectivity index (χ0v) is 19.8. The maximum absolute atomic E-state index is 12.5. The van der Waals surface area contributed by atoms with Crippen LogP contribution in [0, 0.1) is 25.2 Å². The van der Waals surface area contributed by atoms with Crippen molar-refractivity contribution in [2.45, 2.75) is 64.7 Å². The number of nitrogens with one attached hydrogen (secondary N) is 2. The quantitative estimate of drug-likeness (QED) is 0.500. The summed E-state index contributed by atoms with van der Waals surface area (Å²) >= 11 is 1.41. The van der Waals surface area contributed by atoms with E-state index in [1.54, 1.807) is 13.8 Å². The summed E-state index contributed by atoms with van der Waals surface area (Å²) in [5, 5.41) is 14.6. The number of H-pyrrole nitrogens is 1. The molecule has 170 valence electrons. The van der Waals surface area contributed by atoms with Gasteiger partial charge in [0.1, 0.15) is 11.6 Å². The number of nitrogens with zero attached hydrogens (tertiary/aromatic N) is 2. The standard InChI is InChI=1S/C26H28N4O2S/c1-16-21(17(2)28-25(32)22(16)14-27)12-13-24(31)30-26-29-23(15-33-26)20-10-8-19(9-11-20)18-6-4-3-5-7-18/h8-11,15,18H,3-7,12-13H2,1-2H3,(H,28,32)(H,29,30,31). The van der Waals surface area contributed by atoms with Crippen LogP contribution in [0.25, 0.3) is 11.3 Å². The average Bonchev–Trinajstić information content (AvgIpc) is 3.28. The Hall–Kier alpha value is -3.24. The summed E-state index contributed by atoms with van der Waals surface area (Å²) in [5.74, 6) is 0.532. The lowest BCUT2D eigenvalue weighted by atomic mass is 9.84. The second-order valence-corrected chi connectivity index (χ2v) is 9.57. The van der Waals surface area contributed by atoms with Gasteiger partial charge in [0.25, 0.3) is 5.56 Å². The fraction of sp³-hybridized carbons (Fsp3) is 0.385. The van der Waals surface area contributed by atoms with E-state index in [0.29, 0.717) is 28.7 Å². The van der Waals surface area contributed by atoms with Crippen molar-refractivity contribution in [1.29, 1.82) is 5.26 Å². The van der Waals surface area contributed by atoms with Gasteiger partial charge >= 0.3 is 0 Å². The lowest BCUT2D eigenvalue weighted by Crippen LogP contribution is -2.18. The Morgan fingerprint density at radius 1 is 1.21 bits per heavy atom. The Morgan fingerprint density at radius 3 is 2.64 bits per heavy atom. The van der Waals surface area contributed by atoms with Gasteiger partial charge in [0.05, 0.1) is 5.69 Å². The molecule has 1 aliphatic carbocycles. The second-order valence-electron chi connectivity index (χ2n) is 8.71. The number of pyridine rings is 1. The van der Waals surface area contributed by atoms with Gasteiger partial charge in [-0.1, -0.05) is 43.5 Å². The molecular formula is C26H28N4O2S. The molecule has 7 heteroatoms. The van der Waals surface area contributed by atoms with Gasteiger partial charge in [-0.05, 0) is 55.7 Å².